The third kappa shape index (κ3) is 3.08. The fraction of sp³-hybridized carbons (Fsp3) is 0.429. The van der Waals surface area contributed by atoms with E-state index in [-0.39, 0.29) is 11.8 Å². The van der Waals surface area contributed by atoms with Crippen LogP contribution in [0.25, 0.3) is 0 Å². The van der Waals surface area contributed by atoms with Crippen molar-refractivity contribution in [2.75, 3.05) is 11.4 Å². The second kappa shape index (κ2) is 6.38. The molecule has 0 saturated heterocycles. The molecule has 0 aromatic heterocycles. The number of fused-ring (bicyclic) bond motifs is 1. The number of hydrogen-bond acceptors (Lipinski definition) is 4. The van der Waals surface area contributed by atoms with Gasteiger partial charge in [-0.25, -0.2) is 5.84 Å². The third-order valence-electron chi connectivity index (χ3n) is 3.27. The van der Waals surface area contributed by atoms with Crippen molar-refractivity contribution in [2.45, 2.75) is 32.3 Å². The van der Waals surface area contributed by atoms with Gasteiger partial charge in [0.05, 0.1) is 5.69 Å². The molecule has 0 fully saturated rings. The molecule has 0 radical (unpaired) electrons. The number of nitrogens with zero attached hydrogens (tertiary/aromatic N) is 1. The lowest BCUT2D eigenvalue weighted by atomic mass is 10.1. The summed E-state index contributed by atoms with van der Waals surface area (Å²) in [6.07, 6.45) is 1.31. The highest BCUT2D eigenvalue weighted by Crippen LogP contribution is 2.33. The van der Waals surface area contributed by atoms with Crippen molar-refractivity contribution < 1.29 is 14.3 Å². The molecule has 3 N–H and O–H groups in total. The number of nitrogens with one attached hydrogen (secondary N) is 1. The average molecular weight is 277 g/mol. The van der Waals surface area contributed by atoms with Gasteiger partial charge in [-0.05, 0) is 31.9 Å². The summed E-state index contributed by atoms with van der Waals surface area (Å²) in [5.74, 6) is 5.50. The van der Waals surface area contributed by atoms with Crippen molar-refractivity contribution in [2.24, 2.45) is 5.84 Å². The monoisotopic (exact) mass is 277 g/mol. The zero-order chi connectivity index (χ0) is 14.5. The molecule has 1 heterocycles. The zero-order valence-electron chi connectivity index (χ0n) is 11.5. The van der Waals surface area contributed by atoms with Crippen molar-refractivity contribution in [1.82, 2.24) is 5.43 Å². The SMILES string of the molecule is CC1Oc2ccccc2N(CCCCC(=O)NN)C1=O. The van der Waals surface area contributed by atoms with E-state index in [9.17, 15) is 9.59 Å². The number of carbonyl (C=O) groups is 2. The maximum Gasteiger partial charge on any atom is 0.267 e. The molecular formula is C14H19N3O3. The van der Waals surface area contributed by atoms with Crippen LogP contribution in [0, 0.1) is 0 Å². The predicted octanol–water partition coefficient (Wildman–Crippen LogP) is 0.961. The first-order chi connectivity index (χ1) is 9.63. The first kappa shape index (κ1) is 14.3. The van der Waals surface area contributed by atoms with Crippen molar-refractivity contribution in [3.05, 3.63) is 24.3 Å². The highest BCUT2D eigenvalue weighted by Gasteiger charge is 2.30. The molecule has 0 bridgehead atoms. The van der Waals surface area contributed by atoms with Crippen LogP contribution >= 0.6 is 0 Å². The van der Waals surface area contributed by atoms with Crippen molar-refractivity contribution in [3.63, 3.8) is 0 Å². The number of ether oxygens (including phenoxy) is 1. The lowest BCUT2D eigenvalue weighted by Crippen LogP contribution is -2.44. The van der Waals surface area contributed by atoms with Gasteiger partial charge in [-0.2, -0.15) is 0 Å². The van der Waals surface area contributed by atoms with Gasteiger partial charge >= 0.3 is 0 Å². The van der Waals surface area contributed by atoms with E-state index in [1.807, 2.05) is 24.3 Å². The van der Waals surface area contributed by atoms with Gasteiger partial charge in [-0.1, -0.05) is 12.1 Å². The van der Waals surface area contributed by atoms with E-state index in [2.05, 4.69) is 5.43 Å². The minimum absolute atomic E-state index is 0.0491. The van der Waals surface area contributed by atoms with Gasteiger partial charge in [0.2, 0.25) is 5.91 Å². The smallest absolute Gasteiger partial charge is 0.267 e. The Hall–Kier alpha value is -2.08. The van der Waals surface area contributed by atoms with Crippen molar-refractivity contribution in [1.29, 1.82) is 0 Å². The summed E-state index contributed by atoms with van der Waals surface area (Å²) in [7, 11) is 0. The van der Waals surface area contributed by atoms with Crippen LogP contribution in [0.15, 0.2) is 24.3 Å². The highest BCUT2D eigenvalue weighted by molar-refractivity contribution is 5.99. The molecule has 0 saturated carbocycles. The number of rotatable bonds is 5. The molecule has 1 aromatic carbocycles. The van der Waals surface area contributed by atoms with Gasteiger partial charge in [0.15, 0.2) is 6.10 Å². The summed E-state index contributed by atoms with van der Waals surface area (Å²) in [4.78, 5) is 24.9. The van der Waals surface area contributed by atoms with Crippen LogP contribution < -0.4 is 20.9 Å². The molecule has 1 unspecified atom stereocenters. The Morgan fingerprint density at radius 1 is 1.40 bits per heavy atom. The number of unbranched alkanes of at least 4 members (excludes halogenated alkanes) is 1. The normalized spacial score (nSPS) is 17.4. The van der Waals surface area contributed by atoms with Gasteiger partial charge in [0, 0.05) is 13.0 Å². The van der Waals surface area contributed by atoms with E-state index < -0.39 is 6.10 Å². The molecule has 20 heavy (non-hydrogen) atoms. The minimum Gasteiger partial charge on any atom is -0.479 e. The number of hydrazine groups is 1. The summed E-state index contributed by atoms with van der Waals surface area (Å²) in [6.45, 7) is 2.31. The van der Waals surface area contributed by atoms with Crippen LogP contribution in [0.4, 0.5) is 5.69 Å². The molecule has 108 valence electrons. The number of benzene rings is 1. The third-order valence-corrected chi connectivity index (χ3v) is 3.27. The first-order valence-corrected chi connectivity index (χ1v) is 6.70. The summed E-state index contributed by atoms with van der Waals surface area (Å²) >= 11 is 0. The van der Waals surface area contributed by atoms with Crippen LogP contribution in [0.3, 0.4) is 0 Å². The molecular weight excluding hydrogens is 258 g/mol. The topological polar surface area (TPSA) is 84.7 Å². The van der Waals surface area contributed by atoms with Crippen LogP contribution in [0.1, 0.15) is 26.2 Å². The summed E-state index contributed by atoms with van der Waals surface area (Å²) in [5.41, 5.74) is 2.89. The predicted molar refractivity (Wildman–Crippen MR) is 75.1 cm³/mol. The molecule has 0 aliphatic carbocycles. The van der Waals surface area contributed by atoms with Crippen LogP contribution in [0.5, 0.6) is 5.75 Å². The molecule has 1 aromatic rings. The maximum absolute atomic E-state index is 12.2. The van der Waals surface area contributed by atoms with E-state index >= 15 is 0 Å². The summed E-state index contributed by atoms with van der Waals surface area (Å²) < 4.78 is 5.56. The molecule has 6 nitrogen and oxygen atoms in total. The van der Waals surface area contributed by atoms with Crippen LogP contribution in [0.2, 0.25) is 0 Å². The maximum atomic E-state index is 12.2. The van der Waals surface area contributed by atoms with E-state index in [0.717, 1.165) is 17.9 Å². The Labute approximate surface area is 117 Å². The minimum atomic E-state index is -0.475. The average Bonchev–Trinajstić information content (AvgIpc) is 2.46. The van der Waals surface area contributed by atoms with Crippen LogP contribution in [-0.2, 0) is 9.59 Å². The Bertz CT molecular complexity index is 504. The largest absolute Gasteiger partial charge is 0.479 e. The Kier molecular flexibility index (Phi) is 4.57. The standard InChI is InChI=1S/C14H19N3O3/c1-10-14(19)17(9-5-4-8-13(18)16-15)11-6-2-3-7-12(11)20-10/h2-3,6-7,10H,4-5,8-9,15H2,1H3,(H,16,18). The fourth-order valence-corrected chi connectivity index (χ4v) is 2.22. The number of amides is 2. The highest BCUT2D eigenvalue weighted by atomic mass is 16.5. The molecule has 0 spiro atoms. The lowest BCUT2D eigenvalue weighted by molar-refractivity contribution is -0.125. The Balaban J connectivity index is 1.99. The lowest BCUT2D eigenvalue weighted by Gasteiger charge is -2.33. The van der Waals surface area contributed by atoms with Crippen molar-refractivity contribution in [3.8, 4) is 5.75 Å². The molecule has 2 amide bonds. The van der Waals surface area contributed by atoms with Gasteiger partial charge in [-0.15, -0.1) is 0 Å². The summed E-state index contributed by atoms with van der Waals surface area (Å²) in [6, 6.07) is 7.48. The van der Waals surface area contributed by atoms with E-state index in [1.54, 1.807) is 11.8 Å². The van der Waals surface area contributed by atoms with Gasteiger partial charge < -0.3 is 9.64 Å². The Morgan fingerprint density at radius 3 is 2.90 bits per heavy atom. The number of hydrogen-bond donors (Lipinski definition) is 2. The zero-order valence-corrected chi connectivity index (χ0v) is 11.5. The molecule has 2 rings (SSSR count). The van der Waals surface area contributed by atoms with Gasteiger partial charge in [-0.3, -0.25) is 15.0 Å². The number of nitrogens with two attached hydrogens (primary N) is 1. The van der Waals surface area contributed by atoms with Crippen LogP contribution in [-0.4, -0.2) is 24.5 Å². The molecule has 1 aliphatic rings. The number of para-hydroxylation sites is 2. The quantitative estimate of drug-likeness (QED) is 0.363. The molecule has 1 atom stereocenters. The molecule has 6 heteroatoms. The second-order valence-electron chi connectivity index (χ2n) is 4.74. The van der Waals surface area contributed by atoms with Crippen molar-refractivity contribution >= 4 is 17.5 Å². The number of anilines is 1. The van der Waals surface area contributed by atoms with E-state index in [0.29, 0.717) is 19.4 Å². The fourth-order valence-electron chi connectivity index (χ4n) is 2.22. The first-order valence-electron chi connectivity index (χ1n) is 6.70. The van der Waals surface area contributed by atoms with E-state index in [4.69, 9.17) is 10.6 Å². The van der Waals surface area contributed by atoms with Gasteiger partial charge in [0.1, 0.15) is 5.75 Å². The Morgan fingerprint density at radius 2 is 2.15 bits per heavy atom. The molecule has 1 aliphatic heterocycles. The number of carbonyl (C=O) groups excluding carboxylic acids is 2. The summed E-state index contributed by atoms with van der Waals surface area (Å²) in [5, 5.41) is 0. The van der Waals surface area contributed by atoms with Gasteiger partial charge in [0.25, 0.3) is 5.91 Å². The van der Waals surface area contributed by atoms with E-state index in [1.165, 1.54) is 0 Å². The second-order valence-corrected chi connectivity index (χ2v) is 4.74.